The highest BCUT2D eigenvalue weighted by Crippen LogP contribution is 2.27. The van der Waals surface area contributed by atoms with Gasteiger partial charge in [-0.05, 0) is 35.4 Å². The van der Waals surface area contributed by atoms with Gasteiger partial charge in [0.25, 0.3) is 5.91 Å². The topological polar surface area (TPSA) is 42.0 Å². The van der Waals surface area contributed by atoms with E-state index in [-0.39, 0.29) is 5.91 Å². The number of para-hydroxylation sites is 1. The third kappa shape index (κ3) is 3.35. The largest absolute Gasteiger partial charge is 0.320 e. The number of thiophene rings is 1. The van der Waals surface area contributed by atoms with Gasteiger partial charge in [-0.1, -0.05) is 32.0 Å². The second-order valence-corrected chi connectivity index (χ2v) is 6.80. The highest BCUT2D eigenvalue weighted by molar-refractivity contribution is 7.14. The molecule has 23 heavy (non-hydrogen) atoms. The van der Waals surface area contributed by atoms with Gasteiger partial charge < -0.3 is 5.32 Å². The molecule has 3 nitrogen and oxygen atoms in total. The van der Waals surface area contributed by atoms with Crippen LogP contribution in [-0.2, 0) is 12.8 Å². The van der Waals surface area contributed by atoms with E-state index in [1.807, 2.05) is 28.3 Å². The van der Waals surface area contributed by atoms with E-state index in [0.29, 0.717) is 5.69 Å². The first-order valence-electron chi connectivity index (χ1n) is 7.63. The van der Waals surface area contributed by atoms with Crippen molar-refractivity contribution >= 4 is 34.3 Å². The standard InChI is InChI=1S/C18H18N2OS2/c1-3-12-6-5-7-13(4-2)16(12)20-17(21)15-11-23-18(19-15)14-8-9-22-10-14/h5-11H,3-4H2,1-2H3,(H,20,21). The maximum atomic E-state index is 12.6. The second-order valence-electron chi connectivity index (χ2n) is 5.16. The highest BCUT2D eigenvalue weighted by atomic mass is 32.1. The molecule has 3 rings (SSSR count). The van der Waals surface area contributed by atoms with Crippen molar-refractivity contribution in [3.63, 3.8) is 0 Å². The number of hydrogen-bond donors (Lipinski definition) is 1. The van der Waals surface area contributed by atoms with Crippen LogP contribution in [-0.4, -0.2) is 10.9 Å². The van der Waals surface area contributed by atoms with Crippen molar-refractivity contribution in [2.75, 3.05) is 5.32 Å². The average Bonchev–Trinajstić information content (AvgIpc) is 3.25. The normalized spacial score (nSPS) is 10.7. The predicted octanol–water partition coefficient (Wildman–Crippen LogP) is 5.25. The van der Waals surface area contributed by atoms with Gasteiger partial charge in [0.15, 0.2) is 0 Å². The van der Waals surface area contributed by atoms with Crippen molar-refractivity contribution in [1.82, 2.24) is 4.98 Å². The van der Waals surface area contributed by atoms with E-state index in [0.717, 1.165) is 40.2 Å². The molecule has 0 unspecified atom stereocenters. The second kappa shape index (κ2) is 7.06. The first-order valence-corrected chi connectivity index (χ1v) is 9.45. The molecule has 0 aliphatic heterocycles. The molecule has 0 atom stereocenters. The molecule has 0 spiro atoms. The lowest BCUT2D eigenvalue weighted by molar-refractivity contribution is 0.102. The molecule has 0 saturated carbocycles. The number of rotatable bonds is 5. The molecule has 0 aliphatic carbocycles. The Morgan fingerprint density at radius 3 is 2.48 bits per heavy atom. The Bertz CT molecular complexity index is 784. The molecule has 2 aromatic heterocycles. The Morgan fingerprint density at radius 1 is 1.13 bits per heavy atom. The smallest absolute Gasteiger partial charge is 0.275 e. The maximum absolute atomic E-state index is 12.6. The first kappa shape index (κ1) is 15.9. The van der Waals surface area contributed by atoms with Crippen molar-refractivity contribution in [3.8, 4) is 10.6 Å². The predicted molar refractivity (Wildman–Crippen MR) is 98.6 cm³/mol. The van der Waals surface area contributed by atoms with E-state index in [2.05, 4.69) is 36.3 Å². The molecule has 0 radical (unpaired) electrons. The van der Waals surface area contributed by atoms with Crippen LogP contribution in [0.4, 0.5) is 5.69 Å². The average molecular weight is 342 g/mol. The minimum absolute atomic E-state index is 0.140. The number of aromatic nitrogens is 1. The SMILES string of the molecule is CCc1cccc(CC)c1NC(=O)c1csc(-c2ccsc2)n1. The zero-order valence-corrected chi connectivity index (χ0v) is 14.8. The monoisotopic (exact) mass is 342 g/mol. The van der Waals surface area contributed by atoms with Gasteiger partial charge in [0.05, 0.1) is 0 Å². The number of benzene rings is 1. The van der Waals surface area contributed by atoms with E-state index in [9.17, 15) is 4.79 Å². The van der Waals surface area contributed by atoms with Crippen LogP contribution in [0.3, 0.4) is 0 Å². The quantitative estimate of drug-likeness (QED) is 0.688. The summed E-state index contributed by atoms with van der Waals surface area (Å²) < 4.78 is 0. The molecular weight excluding hydrogens is 324 g/mol. The van der Waals surface area contributed by atoms with Crippen molar-refractivity contribution in [1.29, 1.82) is 0 Å². The van der Waals surface area contributed by atoms with Gasteiger partial charge in [-0.25, -0.2) is 4.98 Å². The number of hydrogen-bond acceptors (Lipinski definition) is 4. The van der Waals surface area contributed by atoms with Crippen LogP contribution in [0.1, 0.15) is 35.5 Å². The fourth-order valence-corrected chi connectivity index (χ4v) is 3.99. The van der Waals surface area contributed by atoms with Crippen LogP contribution < -0.4 is 5.32 Å². The molecule has 0 bridgehead atoms. The van der Waals surface area contributed by atoms with E-state index >= 15 is 0 Å². The molecule has 1 aromatic carbocycles. The molecule has 3 aromatic rings. The van der Waals surface area contributed by atoms with E-state index in [4.69, 9.17) is 0 Å². The summed E-state index contributed by atoms with van der Waals surface area (Å²) in [6, 6.07) is 8.19. The summed E-state index contributed by atoms with van der Waals surface area (Å²) in [6.45, 7) is 4.20. The minimum atomic E-state index is -0.140. The summed E-state index contributed by atoms with van der Waals surface area (Å²) in [5.74, 6) is -0.140. The fraction of sp³-hybridized carbons (Fsp3) is 0.222. The van der Waals surface area contributed by atoms with Crippen LogP contribution in [0.2, 0.25) is 0 Å². The zero-order valence-electron chi connectivity index (χ0n) is 13.1. The van der Waals surface area contributed by atoms with E-state index in [1.165, 1.54) is 11.3 Å². The number of amides is 1. The van der Waals surface area contributed by atoms with Crippen LogP contribution in [0.5, 0.6) is 0 Å². The summed E-state index contributed by atoms with van der Waals surface area (Å²) in [5, 5.41) is 9.83. The van der Waals surface area contributed by atoms with E-state index in [1.54, 1.807) is 11.3 Å². The molecular formula is C18H18N2OS2. The minimum Gasteiger partial charge on any atom is -0.320 e. The number of nitrogens with zero attached hydrogens (tertiary/aromatic N) is 1. The molecule has 1 N–H and O–H groups in total. The Kier molecular flexibility index (Phi) is 4.88. The Balaban J connectivity index is 1.85. The van der Waals surface area contributed by atoms with Gasteiger partial charge in [-0.15, -0.1) is 11.3 Å². The highest BCUT2D eigenvalue weighted by Gasteiger charge is 2.15. The van der Waals surface area contributed by atoms with Crippen LogP contribution in [0, 0.1) is 0 Å². The van der Waals surface area contributed by atoms with Gasteiger partial charge in [-0.3, -0.25) is 4.79 Å². The fourth-order valence-electron chi connectivity index (χ4n) is 2.48. The number of anilines is 1. The van der Waals surface area contributed by atoms with Gasteiger partial charge in [0.1, 0.15) is 10.7 Å². The van der Waals surface area contributed by atoms with Crippen molar-refractivity contribution in [2.24, 2.45) is 0 Å². The van der Waals surface area contributed by atoms with E-state index < -0.39 is 0 Å². The number of thiazole rings is 1. The maximum Gasteiger partial charge on any atom is 0.275 e. The van der Waals surface area contributed by atoms with Gasteiger partial charge in [0.2, 0.25) is 0 Å². The van der Waals surface area contributed by atoms with Crippen LogP contribution in [0.15, 0.2) is 40.4 Å². The van der Waals surface area contributed by atoms with Crippen LogP contribution >= 0.6 is 22.7 Å². The first-order chi connectivity index (χ1) is 11.2. The van der Waals surface area contributed by atoms with Crippen molar-refractivity contribution < 1.29 is 4.79 Å². The number of aryl methyl sites for hydroxylation is 2. The van der Waals surface area contributed by atoms with Gasteiger partial charge in [-0.2, -0.15) is 11.3 Å². The lowest BCUT2D eigenvalue weighted by Crippen LogP contribution is -2.15. The third-order valence-electron chi connectivity index (χ3n) is 3.74. The molecule has 0 aliphatic rings. The van der Waals surface area contributed by atoms with Gasteiger partial charge in [0, 0.05) is 22.0 Å². The number of carbonyl (C=O) groups excluding carboxylic acids is 1. The number of carbonyl (C=O) groups is 1. The molecule has 1 amide bonds. The summed E-state index contributed by atoms with van der Waals surface area (Å²) in [7, 11) is 0. The number of nitrogens with one attached hydrogen (secondary N) is 1. The van der Waals surface area contributed by atoms with Gasteiger partial charge >= 0.3 is 0 Å². The third-order valence-corrected chi connectivity index (χ3v) is 5.32. The molecule has 5 heteroatoms. The van der Waals surface area contributed by atoms with Crippen molar-refractivity contribution in [3.05, 3.63) is 57.2 Å². The van der Waals surface area contributed by atoms with Crippen LogP contribution in [0.25, 0.3) is 10.6 Å². The zero-order chi connectivity index (χ0) is 16.2. The lowest BCUT2D eigenvalue weighted by atomic mass is 10.0. The van der Waals surface area contributed by atoms with Crippen molar-refractivity contribution in [2.45, 2.75) is 26.7 Å². The summed E-state index contributed by atoms with van der Waals surface area (Å²) in [4.78, 5) is 17.0. The molecule has 2 heterocycles. The Hall–Kier alpha value is -1.98. The molecule has 118 valence electrons. The lowest BCUT2D eigenvalue weighted by Gasteiger charge is -2.13. The Labute approximate surface area is 144 Å². The molecule has 0 saturated heterocycles. The molecule has 0 fully saturated rings. The Morgan fingerprint density at radius 2 is 1.87 bits per heavy atom. The summed E-state index contributed by atoms with van der Waals surface area (Å²) in [6.07, 6.45) is 1.78. The summed E-state index contributed by atoms with van der Waals surface area (Å²) in [5.41, 5.74) is 4.80. The summed E-state index contributed by atoms with van der Waals surface area (Å²) >= 11 is 3.13.